The highest BCUT2D eigenvalue weighted by molar-refractivity contribution is 8.13. The van der Waals surface area contributed by atoms with E-state index in [4.69, 9.17) is 10.7 Å². The summed E-state index contributed by atoms with van der Waals surface area (Å²) in [4.78, 5) is 4.84. The molecular weight excluding hydrogens is 206 g/mol. The van der Waals surface area contributed by atoms with Crippen LogP contribution in [0.15, 0.2) is 6.20 Å². The number of halogens is 1. The van der Waals surface area contributed by atoms with Gasteiger partial charge in [0.05, 0.1) is 0 Å². The molecule has 0 bridgehead atoms. The summed E-state index contributed by atoms with van der Waals surface area (Å²) in [6.45, 7) is 1.86. The number of rotatable bonds is 2. The average Bonchev–Trinajstić information content (AvgIpc) is 2.10. The standard InChI is InChI=1S/C5H6ClNO2S2/c1-4-2-7-5(10-4)3-11(6,8)9/h2H,3H2,1H3. The molecule has 0 spiro atoms. The zero-order chi connectivity index (χ0) is 8.48. The van der Waals surface area contributed by atoms with Gasteiger partial charge < -0.3 is 0 Å². The van der Waals surface area contributed by atoms with Crippen LogP contribution in [0.25, 0.3) is 0 Å². The molecule has 0 saturated carbocycles. The fraction of sp³-hybridized carbons (Fsp3) is 0.400. The highest BCUT2D eigenvalue weighted by Gasteiger charge is 2.09. The largest absolute Gasteiger partial charge is 0.248 e. The third kappa shape index (κ3) is 3.18. The molecule has 0 fully saturated rings. The minimum Gasteiger partial charge on any atom is -0.248 e. The lowest BCUT2D eigenvalue weighted by atomic mass is 10.6. The summed E-state index contributed by atoms with van der Waals surface area (Å²) in [7, 11) is 1.57. The summed E-state index contributed by atoms with van der Waals surface area (Å²) in [5.74, 6) is -0.174. The first-order valence-electron chi connectivity index (χ1n) is 2.81. The highest BCUT2D eigenvalue weighted by Crippen LogP contribution is 2.15. The smallest absolute Gasteiger partial charge is 0.239 e. The average molecular weight is 212 g/mol. The number of thiazole rings is 1. The van der Waals surface area contributed by atoms with Crippen molar-refractivity contribution in [3.63, 3.8) is 0 Å². The van der Waals surface area contributed by atoms with Crippen molar-refractivity contribution in [2.24, 2.45) is 0 Å². The maximum absolute atomic E-state index is 10.5. The lowest BCUT2D eigenvalue weighted by Crippen LogP contribution is -1.93. The van der Waals surface area contributed by atoms with Crippen LogP contribution < -0.4 is 0 Å². The normalized spacial score (nSPS) is 11.8. The Hall–Kier alpha value is -0.130. The van der Waals surface area contributed by atoms with Crippen LogP contribution in [0.4, 0.5) is 0 Å². The van der Waals surface area contributed by atoms with E-state index in [1.807, 2.05) is 6.92 Å². The maximum atomic E-state index is 10.5. The Labute approximate surface area is 73.5 Å². The van der Waals surface area contributed by atoms with Crippen LogP contribution in [0.5, 0.6) is 0 Å². The van der Waals surface area contributed by atoms with E-state index in [1.165, 1.54) is 11.3 Å². The van der Waals surface area contributed by atoms with Crippen molar-refractivity contribution >= 4 is 31.1 Å². The van der Waals surface area contributed by atoms with E-state index >= 15 is 0 Å². The zero-order valence-corrected chi connectivity index (χ0v) is 8.13. The van der Waals surface area contributed by atoms with Crippen LogP contribution in [-0.4, -0.2) is 13.4 Å². The second kappa shape index (κ2) is 3.08. The van der Waals surface area contributed by atoms with Gasteiger partial charge in [-0.05, 0) is 6.92 Å². The van der Waals surface area contributed by atoms with Gasteiger partial charge in [-0.15, -0.1) is 11.3 Å². The SMILES string of the molecule is Cc1cnc(CS(=O)(=O)Cl)s1. The summed E-state index contributed by atoms with van der Waals surface area (Å²) in [6.07, 6.45) is 1.63. The van der Waals surface area contributed by atoms with Gasteiger partial charge in [0.15, 0.2) is 0 Å². The lowest BCUT2D eigenvalue weighted by molar-refractivity contribution is 0.609. The van der Waals surface area contributed by atoms with E-state index in [0.29, 0.717) is 5.01 Å². The molecule has 1 aromatic rings. The molecule has 0 unspecified atom stereocenters. The summed E-state index contributed by atoms with van der Waals surface area (Å²) < 4.78 is 21.1. The van der Waals surface area contributed by atoms with E-state index in [-0.39, 0.29) is 5.75 Å². The van der Waals surface area contributed by atoms with Crippen LogP contribution >= 0.6 is 22.0 Å². The third-order valence-electron chi connectivity index (χ3n) is 0.965. The monoisotopic (exact) mass is 211 g/mol. The molecule has 0 radical (unpaired) electrons. The zero-order valence-electron chi connectivity index (χ0n) is 5.74. The summed E-state index contributed by atoms with van der Waals surface area (Å²) in [5, 5.41) is 0.539. The van der Waals surface area contributed by atoms with E-state index < -0.39 is 9.05 Å². The van der Waals surface area contributed by atoms with Gasteiger partial charge in [-0.25, -0.2) is 13.4 Å². The first-order valence-corrected chi connectivity index (χ1v) is 6.10. The Morgan fingerprint density at radius 3 is 2.73 bits per heavy atom. The Balaban J connectivity index is 2.81. The van der Waals surface area contributed by atoms with E-state index in [9.17, 15) is 8.42 Å². The molecular formula is C5H6ClNO2S2. The Morgan fingerprint density at radius 2 is 2.36 bits per heavy atom. The second-order valence-corrected chi connectivity index (χ2v) is 6.14. The number of hydrogen-bond donors (Lipinski definition) is 0. The van der Waals surface area contributed by atoms with Gasteiger partial charge in [0, 0.05) is 21.8 Å². The minimum atomic E-state index is -3.44. The Kier molecular flexibility index (Phi) is 2.51. The molecule has 0 aliphatic heterocycles. The molecule has 0 aliphatic rings. The Morgan fingerprint density at radius 1 is 1.73 bits per heavy atom. The molecule has 0 saturated heterocycles. The van der Waals surface area contributed by atoms with Gasteiger partial charge in [-0.2, -0.15) is 0 Å². The molecule has 62 valence electrons. The van der Waals surface area contributed by atoms with Crippen molar-refractivity contribution in [1.82, 2.24) is 4.98 Å². The van der Waals surface area contributed by atoms with Crippen molar-refractivity contribution in [2.75, 3.05) is 0 Å². The quantitative estimate of drug-likeness (QED) is 0.697. The van der Waals surface area contributed by atoms with Gasteiger partial charge in [0.2, 0.25) is 9.05 Å². The molecule has 0 aliphatic carbocycles. The molecule has 3 nitrogen and oxygen atoms in total. The first kappa shape index (κ1) is 8.96. The summed E-state index contributed by atoms with van der Waals surface area (Å²) in [6, 6.07) is 0. The lowest BCUT2D eigenvalue weighted by Gasteiger charge is -1.87. The minimum absolute atomic E-state index is 0.174. The topological polar surface area (TPSA) is 47.0 Å². The highest BCUT2D eigenvalue weighted by atomic mass is 35.7. The van der Waals surface area contributed by atoms with Crippen molar-refractivity contribution in [3.05, 3.63) is 16.1 Å². The summed E-state index contributed by atoms with van der Waals surface area (Å²) in [5.41, 5.74) is 0. The van der Waals surface area contributed by atoms with Crippen LogP contribution in [0.2, 0.25) is 0 Å². The molecule has 1 heterocycles. The molecule has 11 heavy (non-hydrogen) atoms. The van der Waals surface area contributed by atoms with Gasteiger partial charge in [-0.3, -0.25) is 0 Å². The molecule has 0 aromatic carbocycles. The fourth-order valence-electron chi connectivity index (χ4n) is 0.616. The van der Waals surface area contributed by atoms with Crippen molar-refractivity contribution in [2.45, 2.75) is 12.7 Å². The molecule has 6 heteroatoms. The summed E-state index contributed by atoms with van der Waals surface area (Å²) >= 11 is 1.34. The maximum Gasteiger partial charge on any atom is 0.239 e. The van der Waals surface area contributed by atoms with E-state index in [1.54, 1.807) is 6.20 Å². The van der Waals surface area contributed by atoms with Crippen LogP contribution in [0.3, 0.4) is 0 Å². The molecule has 1 rings (SSSR count). The van der Waals surface area contributed by atoms with Crippen LogP contribution in [0.1, 0.15) is 9.88 Å². The van der Waals surface area contributed by atoms with E-state index in [0.717, 1.165) is 4.88 Å². The van der Waals surface area contributed by atoms with E-state index in [2.05, 4.69) is 4.98 Å². The third-order valence-corrected chi connectivity index (χ3v) is 3.01. The van der Waals surface area contributed by atoms with Gasteiger partial charge in [-0.1, -0.05) is 0 Å². The number of aromatic nitrogens is 1. The molecule has 0 atom stereocenters. The van der Waals surface area contributed by atoms with Crippen molar-refractivity contribution in [3.8, 4) is 0 Å². The first-order chi connectivity index (χ1) is 4.97. The van der Waals surface area contributed by atoms with Crippen LogP contribution in [-0.2, 0) is 14.8 Å². The molecule has 0 amide bonds. The Bertz CT molecular complexity index is 343. The van der Waals surface area contributed by atoms with Crippen molar-refractivity contribution in [1.29, 1.82) is 0 Å². The van der Waals surface area contributed by atoms with Crippen molar-refractivity contribution < 1.29 is 8.42 Å². The molecule has 0 N–H and O–H groups in total. The van der Waals surface area contributed by atoms with Gasteiger partial charge in [0.1, 0.15) is 10.8 Å². The number of nitrogens with zero attached hydrogens (tertiary/aromatic N) is 1. The second-order valence-electron chi connectivity index (χ2n) is 2.05. The van der Waals surface area contributed by atoms with Gasteiger partial charge in [0.25, 0.3) is 0 Å². The number of hydrogen-bond acceptors (Lipinski definition) is 4. The predicted molar refractivity (Wildman–Crippen MR) is 45.3 cm³/mol. The fourth-order valence-corrected chi connectivity index (χ4v) is 2.77. The molecule has 1 aromatic heterocycles. The predicted octanol–water partition coefficient (Wildman–Crippen LogP) is 1.52. The number of aryl methyl sites for hydroxylation is 1. The van der Waals surface area contributed by atoms with Gasteiger partial charge >= 0.3 is 0 Å². The van der Waals surface area contributed by atoms with Crippen LogP contribution in [0, 0.1) is 6.92 Å².